The molecule has 0 radical (unpaired) electrons. The van der Waals surface area contributed by atoms with Crippen LogP contribution in [0.5, 0.6) is 0 Å². The van der Waals surface area contributed by atoms with Crippen molar-refractivity contribution in [3.8, 4) is 67.3 Å². The van der Waals surface area contributed by atoms with Gasteiger partial charge in [0.05, 0.1) is 11.4 Å². The van der Waals surface area contributed by atoms with E-state index in [1.54, 1.807) is 0 Å². The molecule has 0 saturated carbocycles. The van der Waals surface area contributed by atoms with Crippen LogP contribution in [-0.2, 0) is 0 Å². The third kappa shape index (κ3) is 5.85. The quantitative estimate of drug-likeness (QED) is 0.174. The molecule has 248 valence electrons. The van der Waals surface area contributed by atoms with Gasteiger partial charge in [0, 0.05) is 49.3 Å². The maximum Gasteiger partial charge on any atom is 0.160 e. The number of pyridine rings is 1. The van der Waals surface area contributed by atoms with E-state index in [0.29, 0.717) is 5.82 Å². The van der Waals surface area contributed by atoms with Gasteiger partial charge < -0.3 is 0 Å². The average Bonchev–Trinajstić information content (AvgIpc) is 3.62. The number of thiophene rings is 1. The zero-order valence-corrected chi connectivity index (χ0v) is 29.5. The molecule has 0 atom stereocenters. The molecule has 53 heavy (non-hydrogen) atoms. The summed E-state index contributed by atoms with van der Waals surface area (Å²) in [6, 6.07) is 62.7. The molecular formula is C49H31N3S. The molecular weight excluding hydrogens is 663 g/mol. The van der Waals surface area contributed by atoms with Crippen molar-refractivity contribution in [2.24, 2.45) is 0 Å². The predicted octanol–water partition coefficient (Wildman–Crippen LogP) is 13.4. The Morgan fingerprint density at radius 2 is 0.962 bits per heavy atom. The van der Waals surface area contributed by atoms with Crippen LogP contribution < -0.4 is 0 Å². The number of benzene rings is 7. The van der Waals surface area contributed by atoms with E-state index in [1.807, 2.05) is 54.1 Å². The summed E-state index contributed by atoms with van der Waals surface area (Å²) in [4.78, 5) is 14.6. The monoisotopic (exact) mass is 693 g/mol. The van der Waals surface area contributed by atoms with Gasteiger partial charge in [0.2, 0.25) is 0 Å². The Morgan fingerprint density at radius 1 is 0.340 bits per heavy atom. The van der Waals surface area contributed by atoms with Crippen LogP contribution in [0.15, 0.2) is 188 Å². The second-order valence-electron chi connectivity index (χ2n) is 13.3. The number of hydrogen-bond donors (Lipinski definition) is 0. The zero-order valence-electron chi connectivity index (χ0n) is 28.6. The van der Waals surface area contributed by atoms with Crippen LogP contribution >= 0.6 is 11.3 Å². The lowest BCUT2D eigenvalue weighted by atomic mass is 9.91. The Labute approximate surface area is 311 Å². The van der Waals surface area contributed by atoms with Crippen molar-refractivity contribution in [2.45, 2.75) is 0 Å². The van der Waals surface area contributed by atoms with Gasteiger partial charge in [-0.05, 0) is 98.8 Å². The van der Waals surface area contributed by atoms with E-state index >= 15 is 0 Å². The highest BCUT2D eigenvalue weighted by molar-refractivity contribution is 7.25. The van der Waals surface area contributed by atoms with E-state index in [4.69, 9.17) is 9.97 Å². The fraction of sp³-hybridized carbons (Fsp3) is 0. The van der Waals surface area contributed by atoms with Crippen molar-refractivity contribution >= 4 is 42.3 Å². The largest absolute Gasteiger partial charge is 0.265 e. The summed E-state index contributed by atoms with van der Waals surface area (Å²) in [6.07, 6.45) is 3.65. The van der Waals surface area contributed by atoms with Gasteiger partial charge in [-0.15, -0.1) is 11.3 Å². The highest BCUT2D eigenvalue weighted by atomic mass is 32.1. The van der Waals surface area contributed by atoms with Crippen molar-refractivity contribution < 1.29 is 0 Å². The summed E-state index contributed by atoms with van der Waals surface area (Å²) in [7, 11) is 0. The van der Waals surface area contributed by atoms with Crippen molar-refractivity contribution in [3.63, 3.8) is 0 Å². The molecule has 0 saturated heterocycles. The van der Waals surface area contributed by atoms with E-state index in [-0.39, 0.29) is 0 Å². The van der Waals surface area contributed by atoms with Gasteiger partial charge in [-0.3, -0.25) is 4.98 Å². The summed E-state index contributed by atoms with van der Waals surface area (Å²) >= 11 is 1.85. The van der Waals surface area contributed by atoms with Crippen molar-refractivity contribution in [1.82, 2.24) is 15.0 Å². The summed E-state index contributed by atoms with van der Waals surface area (Å²) < 4.78 is 2.60. The van der Waals surface area contributed by atoms with Crippen molar-refractivity contribution in [3.05, 3.63) is 188 Å². The lowest BCUT2D eigenvalue weighted by molar-refractivity contribution is 1.18. The summed E-state index contributed by atoms with van der Waals surface area (Å²) in [5.74, 6) is 0.694. The van der Waals surface area contributed by atoms with Crippen LogP contribution in [0.1, 0.15) is 0 Å². The van der Waals surface area contributed by atoms with E-state index in [2.05, 4.69) is 151 Å². The molecule has 10 rings (SSSR count). The zero-order chi connectivity index (χ0) is 35.1. The normalized spacial score (nSPS) is 11.4. The van der Waals surface area contributed by atoms with Crippen LogP contribution in [0.25, 0.3) is 98.2 Å². The van der Waals surface area contributed by atoms with Crippen LogP contribution in [0, 0.1) is 0 Å². The third-order valence-corrected chi connectivity index (χ3v) is 11.1. The highest BCUT2D eigenvalue weighted by Crippen LogP contribution is 2.40. The fourth-order valence-electron chi connectivity index (χ4n) is 7.32. The maximum absolute atomic E-state index is 5.26. The first-order chi connectivity index (χ1) is 26.2. The molecule has 0 N–H and O–H groups in total. The summed E-state index contributed by atoms with van der Waals surface area (Å²) in [5, 5.41) is 5.02. The fourth-order valence-corrected chi connectivity index (χ4v) is 8.40. The molecule has 0 spiro atoms. The molecule has 0 bridgehead atoms. The number of fused-ring (bicyclic) bond motifs is 4. The molecule has 3 heterocycles. The summed E-state index contributed by atoms with van der Waals surface area (Å²) in [6.45, 7) is 0. The molecule has 4 heteroatoms. The van der Waals surface area contributed by atoms with Gasteiger partial charge in [0.1, 0.15) is 0 Å². The van der Waals surface area contributed by atoms with Gasteiger partial charge in [-0.1, -0.05) is 121 Å². The summed E-state index contributed by atoms with van der Waals surface area (Å²) in [5.41, 5.74) is 11.7. The molecule has 3 aromatic heterocycles. The van der Waals surface area contributed by atoms with E-state index in [1.165, 1.54) is 42.1 Å². The second kappa shape index (κ2) is 13.1. The molecule has 0 aliphatic heterocycles. The van der Waals surface area contributed by atoms with E-state index < -0.39 is 0 Å². The van der Waals surface area contributed by atoms with Gasteiger partial charge >= 0.3 is 0 Å². The molecule has 0 unspecified atom stereocenters. The van der Waals surface area contributed by atoms with Crippen LogP contribution in [0.2, 0.25) is 0 Å². The first kappa shape index (κ1) is 31.0. The van der Waals surface area contributed by atoms with Crippen molar-refractivity contribution in [1.29, 1.82) is 0 Å². The van der Waals surface area contributed by atoms with Crippen molar-refractivity contribution in [2.75, 3.05) is 0 Å². The minimum atomic E-state index is 0.694. The number of rotatable bonds is 6. The lowest BCUT2D eigenvalue weighted by Crippen LogP contribution is -1.96. The molecule has 0 fully saturated rings. The Balaban J connectivity index is 1.18. The third-order valence-electron chi connectivity index (χ3n) is 9.99. The van der Waals surface area contributed by atoms with Crippen LogP contribution in [-0.4, -0.2) is 15.0 Å². The van der Waals surface area contributed by atoms with E-state index in [9.17, 15) is 0 Å². The number of aromatic nitrogens is 3. The molecule has 0 aliphatic rings. The first-order valence-electron chi connectivity index (χ1n) is 17.7. The molecule has 3 nitrogen and oxygen atoms in total. The smallest absolute Gasteiger partial charge is 0.160 e. The Hall–Kier alpha value is -6.75. The molecule has 10 aromatic rings. The standard InChI is InChI=1S/C49H31N3S/c1-2-10-36(11-3-1)49-51-45(35-19-17-32(18-20-35)33-23-25-50-26-24-33)31-46(52-49)40-28-38(27-39(29-40)42-15-8-12-34-9-4-5-13-41(34)42)37-21-22-48-44(30-37)43-14-6-7-16-47(43)53-48/h1-31H. The highest BCUT2D eigenvalue weighted by Gasteiger charge is 2.16. The molecule has 7 aromatic carbocycles. The average molecular weight is 694 g/mol. The Bertz CT molecular complexity index is 2930. The Morgan fingerprint density at radius 3 is 1.81 bits per heavy atom. The molecule has 0 aliphatic carbocycles. The van der Waals surface area contributed by atoms with Gasteiger partial charge in [-0.2, -0.15) is 0 Å². The first-order valence-corrected chi connectivity index (χ1v) is 18.6. The van der Waals surface area contributed by atoms with Crippen LogP contribution in [0.4, 0.5) is 0 Å². The minimum Gasteiger partial charge on any atom is -0.265 e. The lowest BCUT2D eigenvalue weighted by Gasteiger charge is -2.14. The maximum atomic E-state index is 5.26. The topological polar surface area (TPSA) is 38.7 Å². The van der Waals surface area contributed by atoms with Gasteiger partial charge in [0.25, 0.3) is 0 Å². The van der Waals surface area contributed by atoms with Gasteiger partial charge in [-0.25, -0.2) is 9.97 Å². The Kier molecular flexibility index (Phi) is 7.67. The molecule has 0 amide bonds. The predicted molar refractivity (Wildman–Crippen MR) is 223 cm³/mol. The number of nitrogens with zero attached hydrogens (tertiary/aromatic N) is 3. The van der Waals surface area contributed by atoms with Crippen LogP contribution in [0.3, 0.4) is 0 Å². The second-order valence-corrected chi connectivity index (χ2v) is 14.4. The van der Waals surface area contributed by atoms with E-state index in [0.717, 1.165) is 50.3 Å². The number of hydrogen-bond acceptors (Lipinski definition) is 4. The van der Waals surface area contributed by atoms with Gasteiger partial charge in [0.15, 0.2) is 5.82 Å². The SMILES string of the molecule is c1ccc(-c2nc(-c3ccc(-c4ccncc4)cc3)cc(-c3cc(-c4ccc5sc6ccccc6c5c4)cc(-c4cccc5ccccc45)c3)n2)cc1. The minimum absolute atomic E-state index is 0.694.